The number of aliphatic imine (C=N–C) groups is 1. The van der Waals surface area contributed by atoms with Crippen LogP contribution in [0, 0.1) is 11.8 Å². The van der Waals surface area contributed by atoms with Crippen molar-refractivity contribution in [3.8, 4) is 0 Å². The van der Waals surface area contributed by atoms with E-state index < -0.39 is 114 Å². The van der Waals surface area contributed by atoms with E-state index in [4.69, 9.17) is 17.2 Å². The van der Waals surface area contributed by atoms with Crippen molar-refractivity contribution in [2.75, 3.05) is 25.1 Å². The van der Waals surface area contributed by atoms with E-state index >= 15 is 0 Å². The Morgan fingerprint density at radius 3 is 2.03 bits per heavy atom. The maximum absolute atomic E-state index is 14.2. The number of benzene rings is 1. The van der Waals surface area contributed by atoms with Crippen LogP contribution in [0.25, 0.3) is 0 Å². The minimum Gasteiger partial charge on any atom is -0.481 e. The SMILES string of the molecule is CSCC[C@H](N)C(=O)N[C@@H](CCCN=C(N)N)C(=O)N[C@@H](Cc1cnc[nH]1)C(=O)N[C@H](C(=O)N[C@@H](CC(C)C)C(=O)N[C@@H](CCC(=O)O)C(=O)N1CCC[C@H]1C(=O)N[C@@H](Cc1ccccc1)C(=O)O)C(C)C. The van der Waals surface area contributed by atoms with Crippen LogP contribution in [-0.4, -0.2) is 158 Å². The molecule has 7 amide bonds. The van der Waals surface area contributed by atoms with Crippen LogP contribution in [0.4, 0.5) is 0 Å². The molecule has 0 unspecified atom stereocenters. The minimum atomic E-state index is -1.47. The number of carbonyl (C=O) groups excluding carboxylic acids is 7. The summed E-state index contributed by atoms with van der Waals surface area (Å²) >= 11 is 1.50. The average Bonchev–Trinajstić information content (AvgIpc) is 4.04. The van der Waals surface area contributed by atoms with Gasteiger partial charge in [-0.15, -0.1) is 0 Å². The second kappa shape index (κ2) is 30.2. The fourth-order valence-corrected chi connectivity index (χ4v) is 8.39. The first kappa shape index (κ1) is 59.5. The van der Waals surface area contributed by atoms with Crippen LogP contribution in [0.1, 0.15) is 90.3 Å². The number of hydrogen-bond donors (Lipinski definition) is 12. The van der Waals surface area contributed by atoms with Crippen molar-refractivity contribution >= 4 is 71.0 Å². The molecule has 24 nitrogen and oxygen atoms in total. The van der Waals surface area contributed by atoms with Gasteiger partial charge in [0.15, 0.2) is 5.96 Å². The Kier molecular flexibility index (Phi) is 25.0. The standard InChI is InChI=1S/C47H73N13O11S/c1-26(2)21-33(41(65)55-32(15-16-37(61)62)45(69)60-19-10-14-36(60)43(67)58-35(46(70)71)22-28-11-7-6-8-12-28)57-44(68)38(27(3)4)59-42(66)34(23-29-24-51-25-53-29)56-40(64)31(13-9-18-52-47(49)50)54-39(63)30(48)17-20-72-5/h6-8,11-12,24-27,30-36,38H,9-10,13-23,48H2,1-5H3,(H,51,53)(H,54,63)(H,55,65)(H,56,64)(H,57,68)(H,58,67)(H,59,66)(H,61,62)(H,70,71)(H4,49,50,52)/t30-,31-,32-,33-,34-,35-,36-,38-/m0/s1. The number of aliphatic carboxylic acids is 2. The van der Waals surface area contributed by atoms with Gasteiger partial charge in [0.2, 0.25) is 41.4 Å². The number of thioether (sulfide) groups is 1. The Labute approximate surface area is 423 Å². The zero-order valence-corrected chi connectivity index (χ0v) is 42.4. The van der Waals surface area contributed by atoms with Gasteiger partial charge in [0.25, 0.3) is 0 Å². The minimum absolute atomic E-state index is 0.0216. The molecule has 398 valence electrons. The third-order valence-corrected chi connectivity index (χ3v) is 12.4. The molecule has 0 saturated carbocycles. The predicted molar refractivity (Wildman–Crippen MR) is 268 cm³/mol. The van der Waals surface area contributed by atoms with E-state index in [1.807, 2.05) is 6.26 Å². The summed E-state index contributed by atoms with van der Waals surface area (Å²) in [5, 5.41) is 35.5. The van der Waals surface area contributed by atoms with Crippen molar-refractivity contribution in [2.45, 2.75) is 140 Å². The number of nitrogens with one attached hydrogen (secondary N) is 7. The maximum atomic E-state index is 14.2. The van der Waals surface area contributed by atoms with Crippen LogP contribution in [0.5, 0.6) is 0 Å². The van der Waals surface area contributed by atoms with Gasteiger partial charge in [0.1, 0.15) is 42.3 Å². The summed E-state index contributed by atoms with van der Waals surface area (Å²) in [5.41, 5.74) is 18.1. The number of H-pyrrole nitrogens is 1. The lowest BCUT2D eigenvalue weighted by Crippen LogP contribution is -2.61. The molecule has 2 aromatic rings. The van der Waals surface area contributed by atoms with Crippen LogP contribution in [-0.2, 0) is 56.0 Å². The Balaban J connectivity index is 1.84. The lowest BCUT2D eigenvalue weighted by molar-refractivity contribution is -0.145. The number of nitrogens with two attached hydrogens (primary N) is 3. The number of amides is 7. The zero-order valence-electron chi connectivity index (χ0n) is 41.6. The smallest absolute Gasteiger partial charge is 0.326 e. The van der Waals surface area contributed by atoms with Crippen molar-refractivity contribution < 1.29 is 53.4 Å². The van der Waals surface area contributed by atoms with Gasteiger partial charge in [-0.25, -0.2) is 9.78 Å². The Bertz CT molecular complexity index is 2160. The number of nitrogens with zero attached hydrogens (tertiary/aromatic N) is 3. The molecule has 3 rings (SSSR count). The third-order valence-electron chi connectivity index (χ3n) is 11.7. The molecule has 1 saturated heterocycles. The van der Waals surface area contributed by atoms with E-state index in [1.165, 1.54) is 29.2 Å². The molecule has 2 heterocycles. The average molecular weight is 1030 g/mol. The van der Waals surface area contributed by atoms with Crippen LogP contribution < -0.4 is 49.1 Å². The van der Waals surface area contributed by atoms with Crippen LogP contribution in [0.3, 0.4) is 0 Å². The summed E-state index contributed by atoms with van der Waals surface area (Å²) < 4.78 is 0. The van der Waals surface area contributed by atoms with E-state index in [-0.39, 0.29) is 69.9 Å². The third kappa shape index (κ3) is 20.2. The predicted octanol–water partition coefficient (Wildman–Crippen LogP) is -1.12. The second-order valence-corrected chi connectivity index (χ2v) is 19.4. The molecule has 8 atom stereocenters. The molecule has 1 fully saturated rings. The van der Waals surface area contributed by atoms with E-state index in [2.05, 4.69) is 46.9 Å². The second-order valence-electron chi connectivity index (χ2n) is 18.4. The van der Waals surface area contributed by atoms with Gasteiger partial charge >= 0.3 is 11.9 Å². The van der Waals surface area contributed by atoms with Crippen molar-refractivity contribution in [2.24, 2.45) is 34.0 Å². The first-order chi connectivity index (χ1) is 34.1. The van der Waals surface area contributed by atoms with Crippen LogP contribution in [0.2, 0.25) is 0 Å². The fourth-order valence-electron chi connectivity index (χ4n) is 7.90. The number of likely N-dealkylation sites (tertiary alicyclic amines) is 1. The highest BCUT2D eigenvalue weighted by Crippen LogP contribution is 2.21. The first-order valence-electron chi connectivity index (χ1n) is 24.0. The summed E-state index contributed by atoms with van der Waals surface area (Å²) in [5.74, 6) is -8.14. The summed E-state index contributed by atoms with van der Waals surface area (Å²) in [4.78, 5) is 134. The molecule has 0 bridgehead atoms. The summed E-state index contributed by atoms with van der Waals surface area (Å²) in [6.45, 7) is 7.08. The fraction of sp³-hybridized carbons (Fsp3) is 0.596. The molecule has 1 aliphatic rings. The molecule has 15 N–H and O–H groups in total. The largest absolute Gasteiger partial charge is 0.481 e. The number of imidazole rings is 1. The van der Waals surface area contributed by atoms with Gasteiger partial charge < -0.3 is 69.2 Å². The van der Waals surface area contributed by atoms with Gasteiger partial charge in [0, 0.05) is 44.2 Å². The number of guanidine groups is 1. The van der Waals surface area contributed by atoms with Crippen LogP contribution >= 0.6 is 11.8 Å². The monoisotopic (exact) mass is 1030 g/mol. The highest BCUT2D eigenvalue weighted by molar-refractivity contribution is 7.98. The number of rotatable bonds is 31. The molecule has 1 aromatic heterocycles. The molecular weight excluding hydrogens is 955 g/mol. The summed E-state index contributed by atoms with van der Waals surface area (Å²) in [6, 6.07) is -1.26. The lowest BCUT2D eigenvalue weighted by atomic mass is 9.98. The molecule has 0 radical (unpaired) electrons. The van der Waals surface area contributed by atoms with Crippen LogP contribution in [0.15, 0.2) is 47.8 Å². The van der Waals surface area contributed by atoms with Crippen molar-refractivity contribution in [3.63, 3.8) is 0 Å². The number of carboxylic acid groups (broad SMARTS) is 2. The Morgan fingerprint density at radius 2 is 1.43 bits per heavy atom. The lowest BCUT2D eigenvalue weighted by Gasteiger charge is -2.31. The molecule has 25 heteroatoms. The maximum Gasteiger partial charge on any atom is 0.326 e. The zero-order chi connectivity index (χ0) is 53.5. The van der Waals surface area contributed by atoms with Crippen molar-refractivity contribution in [3.05, 3.63) is 54.1 Å². The quantitative estimate of drug-likeness (QED) is 0.0242. The highest BCUT2D eigenvalue weighted by Gasteiger charge is 2.40. The summed E-state index contributed by atoms with van der Waals surface area (Å²) in [7, 11) is 0. The Morgan fingerprint density at radius 1 is 0.792 bits per heavy atom. The number of aromatic nitrogens is 2. The molecule has 1 aliphatic heterocycles. The van der Waals surface area contributed by atoms with E-state index in [9.17, 15) is 53.4 Å². The highest BCUT2D eigenvalue weighted by atomic mass is 32.2. The summed E-state index contributed by atoms with van der Waals surface area (Å²) in [6.07, 6.45) is 4.89. The topological polar surface area (TPSA) is 389 Å². The van der Waals surface area contributed by atoms with E-state index in [0.717, 1.165) is 0 Å². The molecule has 72 heavy (non-hydrogen) atoms. The van der Waals surface area contributed by atoms with Gasteiger partial charge in [-0.05, 0) is 74.4 Å². The molecular formula is C47H73N13O11S. The number of carboxylic acids is 2. The normalized spacial score (nSPS) is 16.2. The molecule has 0 aliphatic carbocycles. The Hall–Kier alpha value is -6.76. The van der Waals surface area contributed by atoms with Crippen molar-refractivity contribution in [1.29, 1.82) is 0 Å². The number of hydrogen-bond acceptors (Lipinski definition) is 13. The van der Waals surface area contributed by atoms with Gasteiger partial charge in [-0.2, -0.15) is 11.8 Å². The van der Waals surface area contributed by atoms with Gasteiger partial charge in [0.05, 0.1) is 12.4 Å². The molecule has 1 aromatic carbocycles. The van der Waals surface area contributed by atoms with E-state index in [1.54, 1.807) is 58.0 Å². The molecule has 0 spiro atoms. The number of aromatic amines is 1. The van der Waals surface area contributed by atoms with Gasteiger partial charge in [-0.1, -0.05) is 58.0 Å². The van der Waals surface area contributed by atoms with Gasteiger partial charge in [-0.3, -0.25) is 43.3 Å². The number of carbonyl (C=O) groups is 9. The first-order valence-corrected chi connectivity index (χ1v) is 25.4. The van der Waals surface area contributed by atoms with E-state index in [0.29, 0.717) is 29.9 Å². The van der Waals surface area contributed by atoms with Crippen molar-refractivity contribution in [1.82, 2.24) is 46.8 Å².